The lowest BCUT2D eigenvalue weighted by molar-refractivity contribution is 0.203. The molecular weight excluding hydrogens is 258 g/mol. The first kappa shape index (κ1) is 15.1. The van der Waals surface area contributed by atoms with Gasteiger partial charge in [0.2, 0.25) is 0 Å². The van der Waals surface area contributed by atoms with Crippen LogP contribution in [0.5, 0.6) is 0 Å². The maximum atomic E-state index is 13.2. The number of hydrogen-bond donors (Lipinski definition) is 1. The average molecular weight is 275 g/mol. The summed E-state index contributed by atoms with van der Waals surface area (Å²) in [5.41, 5.74) is 0.751. The van der Waals surface area contributed by atoms with Gasteiger partial charge in [-0.2, -0.15) is 0 Å². The van der Waals surface area contributed by atoms with Gasteiger partial charge in [0.1, 0.15) is 0 Å². The SMILES string of the molecule is C=C[C@H](c1ccc(F)c(F)c1)N1CCNCC1.Cl. The summed E-state index contributed by atoms with van der Waals surface area (Å²) in [6.07, 6.45) is 1.78. The molecule has 1 fully saturated rings. The molecule has 0 amide bonds. The van der Waals surface area contributed by atoms with E-state index in [0.717, 1.165) is 31.7 Å². The molecule has 0 unspecified atom stereocenters. The van der Waals surface area contributed by atoms with Crippen LogP contribution >= 0.6 is 12.4 Å². The van der Waals surface area contributed by atoms with Crippen molar-refractivity contribution in [2.45, 2.75) is 6.04 Å². The molecule has 1 heterocycles. The molecule has 0 bridgehead atoms. The van der Waals surface area contributed by atoms with E-state index in [1.54, 1.807) is 12.1 Å². The molecule has 1 aromatic rings. The van der Waals surface area contributed by atoms with E-state index < -0.39 is 11.6 Å². The maximum absolute atomic E-state index is 13.2. The molecule has 1 atom stereocenters. The van der Waals surface area contributed by atoms with Crippen molar-refractivity contribution >= 4 is 12.4 Å². The summed E-state index contributed by atoms with van der Waals surface area (Å²) in [4.78, 5) is 2.20. The fourth-order valence-electron chi connectivity index (χ4n) is 2.15. The van der Waals surface area contributed by atoms with Crippen LogP contribution in [0, 0.1) is 11.6 Å². The lowest BCUT2D eigenvalue weighted by Crippen LogP contribution is -2.44. The predicted molar refractivity (Wildman–Crippen MR) is 71.0 cm³/mol. The summed E-state index contributed by atoms with van der Waals surface area (Å²) in [5, 5.41) is 3.26. The zero-order chi connectivity index (χ0) is 12.3. The standard InChI is InChI=1S/C13H16F2N2.ClH/c1-2-13(17-7-5-16-6-8-17)10-3-4-11(14)12(15)9-10;/h2-4,9,13,16H,1,5-8H2;1H/t13-;/m1./s1. The summed E-state index contributed by atoms with van der Waals surface area (Å²) in [5.74, 6) is -1.61. The molecule has 2 rings (SSSR count). The normalized spacial score (nSPS) is 17.9. The van der Waals surface area contributed by atoms with E-state index in [1.165, 1.54) is 12.1 Å². The van der Waals surface area contributed by atoms with Crippen molar-refractivity contribution in [1.29, 1.82) is 0 Å². The third kappa shape index (κ3) is 3.28. The van der Waals surface area contributed by atoms with E-state index in [0.29, 0.717) is 0 Å². The molecule has 18 heavy (non-hydrogen) atoms. The molecule has 1 aliphatic rings. The highest BCUT2D eigenvalue weighted by atomic mass is 35.5. The second-order valence-electron chi connectivity index (χ2n) is 4.14. The molecule has 1 saturated heterocycles. The maximum Gasteiger partial charge on any atom is 0.159 e. The van der Waals surface area contributed by atoms with E-state index in [-0.39, 0.29) is 18.4 Å². The molecule has 1 aliphatic heterocycles. The zero-order valence-electron chi connectivity index (χ0n) is 10.0. The average Bonchev–Trinajstić information content (AvgIpc) is 2.36. The van der Waals surface area contributed by atoms with Crippen molar-refractivity contribution < 1.29 is 8.78 Å². The van der Waals surface area contributed by atoms with Gasteiger partial charge in [-0.25, -0.2) is 8.78 Å². The Hall–Kier alpha value is -0.970. The van der Waals surface area contributed by atoms with Gasteiger partial charge < -0.3 is 5.32 Å². The fraction of sp³-hybridized carbons (Fsp3) is 0.385. The Balaban J connectivity index is 0.00000162. The van der Waals surface area contributed by atoms with Crippen molar-refractivity contribution in [2.75, 3.05) is 26.2 Å². The Labute approximate surface area is 112 Å². The van der Waals surface area contributed by atoms with E-state index in [2.05, 4.69) is 16.8 Å². The van der Waals surface area contributed by atoms with Gasteiger partial charge in [-0.15, -0.1) is 19.0 Å². The molecule has 100 valence electrons. The molecule has 2 nitrogen and oxygen atoms in total. The summed E-state index contributed by atoms with van der Waals surface area (Å²) in [6.45, 7) is 7.38. The largest absolute Gasteiger partial charge is 0.314 e. The highest BCUT2D eigenvalue weighted by molar-refractivity contribution is 5.85. The number of halogens is 3. The topological polar surface area (TPSA) is 15.3 Å². The third-order valence-corrected chi connectivity index (χ3v) is 3.05. The van der Waals surface area contributed by atoms with E-state index in [1.807, 2.05) is 0 Å². The molecule has 1 aromatic carbocycles. The van der Waals surface area contributed by atoms with E-state index in [9.17, 15) is 8.78 Å². The molecule has 0 aromatic heterocycles. The minimum Gasteiger partial charge on any atom is -0.314 e. The number of piperazine rings is 1. The van der Waals surface area contributed by atoms with Crippen molar-refractivity contribution in [3.63, 3.8) is 0 Å². The van der Waals surface area contributed by atoms with Gasteiger partial charge in [-0.05, 0) is 17.7 Å². The van der Waals surface area contributed by atoms with Crippen LogP contribution in [0.2, 0.25) is 0 Å². The number of hydrogen-bond acceptors (Lipinski definition) is 2. The molecule has 5 heteroatoms. The van der Waals surface area contributed by atoms with Crippen molar-refractivity contribution in [2.24, 2.45) is 0 Å². The highest BCUT2D eigenvalue weighted by Gasteiger charge is 2.20. The van der Waals surface area contributed by atoms with Gasteiger partial charge in [0, 0.05) is 26.2 Å². The van der Waals surface area contributed by atoms with Crippen molar-refractivity contribution in [3.8, 4) is 0 Å². The van der Waals surface area contributed by atoms with Crippen LogP contribution in [0.3, 0.4) is 0 Å². The van der Waals surface area contributed by atoms with Crippen LogP contribution in [0.25, 0.3) is 0 Å². The Kier molecular flexibility index (Phi) is 5.72. The van der Waals surface area contributed by atoms with Crippen molar-refractivity contribution in [3.05, 3.63) is 48.1 Å². The van der Waals surface area contributed by atoms with Gasteiger partial charge in [-0.1, -0.05) is 12.1 Å². The van der Waals surface area contributed by atoms with Gasteiger partial charge in [-0.3, -0.25) is 4.90 Å². The number of rotatable bonds is 3. The van der Waals surface area contributed by atoms with Crippen LogP contribution in [-0.4, -0.2) is 31.1 Å². The predicted octanol–water partition coefficient (Wildman–Crippen LogP) is 2.52. The van der Waals surface area contributed by atoms with E-state index in [4.69, 9.17) is 0 Å². The van der Waals surface area contributed by atoms with Gasteiger partial charge in [0.05, 0.1) is 6.04 Å². The summed E-state index contributed by atoms with van der Waals surface area (Å²) >= 11 is 0. The van der Waals surface area contributed by atoms with Crippen molar-refractivity contribution in [1.82, 2.24) is 10.2 Å². The fourth-order valence-corrected chi connectivity index (χ4v) is 2.15. The molecule has 0 aliphatic carbocycles. The van der Waals surface area contributed by atoms with Crippen LogP contribution in [-0.2, 0) is 0 Å². The smallest absolute Gasteiger partial charge is 0.159 e. The second-order valence-corrected chi connectivity index (χ2v) is 4.14. The lowest BCUT2D eigenvalue weighted by atomic mass is 10.0. The third-order valence-electron chi connectivity index (χ3n) is 3.05. The first-order valence-corrected chi connectivity index (χ1v) is 5.74. The Morgan fingerprint density at radius 1 is 1.22 bits per heavy atom. The van der Waals surface area contributed by atoms with Crippen LogP contribution in [0.4, 0.5) is 8.78 Å². The Bertz CT molecular complexity index is 406. The first-order valence-electron chi connectivity index (χ1n) is 5.74. The van der Waals surface area contributed by atoms with Gasteiger partial charge >= 0.3 is 0 Å². The zero-order valence-corrected chi connectivity index (χ0v) is 10.9. The molecular formula is C13H17ClF2N2. The van der Waals surface area contributed by atoms with Gasteiger partial charge in [0.25, 0.3) is 0 Å². The van der Waals surface area contributed by atoms with Crippen LogP contribution in [0.15, 0.2) is 30.9 Å². The monoisotopic (exact) mass is 274 g/mol. The number of nitrogens with zero attached hydrogens (tertiary/aromatic N) is 1. The summed E-state index contributed by atoms with van der Waals surface area (Å²) < 4.78 is 26.1. The molecule has 0 spiro atoms. The van der Waals surface area contributed by atoms with E-state index >= 15 is 0 Å². The number of nitrogens with one attached hydrogen (secondary N) is 1. The summed E-state index contributed by atoms with van der Waals surface area (Å²) in [7, 11) is 0. The Morgan fingerprint density at radius 3 is 2.44 bits per heavy atom. The quantitative estimate of drug-likeness (QED) is 0.852. The lowest BCUT2D eigenvalue weighted by Gasteiger charge is -2.33. The molecule has 1 N–H and O–H groups in total. The number of benzene rings is 1. The Morgan fingerprint density at radius 2 is 1.89 bits per heavy atom. The first-order chi connectivity index (χ1) is 8.22. The van der Waals surface area contributed by atoms with Gasteiger partial charge in [0.15, 0.2) is 11.6 Å². The van der Waals surface area contributed by atoms with Crippen LogP contribution < -0.4 is 5.32 Å². The van der Waals surface area contributed by atoms with Crippen LogP contribution in [0.1, 0.15) is 11.6 Å². The minimum absolute atomic E-state index is 0. The molecule has 0 saturated carbocycles. The summed E-state index contributed by atoms with van der Waals surface area (Å²) in [6, 6.07) is 3.99. The molecule has 0 radical (unpaired) electrons. The second kappa shape index (κ2) is 6.83. The highest BCUT2D eigenvalue weighted by Crippen LogP contribution is 2.23. The minimum atomic E-state index is -0.808.